The molecule has 1 N–H and O–H groups in total. The molecule has 0 saturated carbocycles. The van der Waals surface area contributed by atoms with Gasteiger partial charge in [0.1, 0.15) is 11.9 Å². The summed E-state index contributed by atoms with van der Waals surface area (Å²) < 4.78 is 12.9. The lowest BCUT2D eigenvalue weighted by atomic mass is 9.96. The molecule has 0 amide bonds. The summed E-state index contributed by atoms with van der Waals surface area (Å²) in [5.41, 5.74) is 1.53. The van der Waals surface area contributed by atoms with Gasteiger partial charge >= 0.3 is 0 Å². The first kappa shape index (κ1) is 11.9. The van der Waals surface area contributed by atoms with Crippen molar-refractivity contribution in [3.8, 4) is 0 Å². The molecule has 19 heavy (non-hydrogen) atoms. The highest BCUT2D eigenvalue weighted by molar-refractivity contribution is 5.86. The smallest absolute Gasteiger partial charge is 0.123 e. The predicted octanol–water partition coefficient (Wildman–Crippen LogP) is 4.06. The molecular weight excluding hydrogens is 239 g/mol. The fraction of sp³-hybridized carbons (Fsp3) is 0.0588. The van der Waals surface area contributed by atoms with Crippen LogP contribution >= 0.6 is 0 Å². The first-order chi connectivity index (χ1) is 9.25. The minimum absolute atomic E-state index is 0.297. The van der Waals surface area contributed by atoms with Gasteiger partial charge in [-0.2, -0.15) is 0 Å². The number of benzene rings is 3. The van der Waals surface area contributed by atoms with Crippen molar-refractivity contribution >= 4 is 10.8 Å². The average Bonchev–Trinajstić information content (AvgIpc) is 2.47. The number of aliphatic hydroxyl groups is 1. The Balaban J connectivity index is 2.11. The van der Waals surface area contributed by atoms with Gasteiger partial charge in [0, 0.05) is 0 Å². The first-order valence-electron chi connectivity index (χ1n) is 6.17. The highest BCUT2D eigenvalue weighted by Crippen LogP contribution is 2.28. The van der Waals surface area contributed by atoms with Crippen molar-refractivity contribution in [1.82, 2.24) is 0 Å². The van der Waals surface area contributed by atoms with E-state index in [1.54, 1.807) is 12.1 Å². The summed E-state index contributed by atoms with van der Waals surface area (Å²) >= 11 is 0. The van der Waals surface area contributed by atoms with Crippen LogP contribution in [0.2, 0.25) is 0 Å². The lowest BCUT2D eigenvalue weighted by Crippen LogP contribution is -2.00. The largest absolute Gasteiger partial charge is 0.384 e. The molecule has 94 valence electrons. The minimum atomic E-state index is -0.744. The van der Waals surface area contributed by atoms with Crippen molar-refractivity contribution in [2.24, 2.45) is 0 Å². The number of rotatable bonds is 2. The molecule has 0 bridgehead atoms. The minimum Gasteiger partial charge on any atom is -0.384 e. The molecule has 1 nitrogen and oxygen atoms in total. The summed E-state index contributed by atoms with van der Waals surface area (Å²) in [4.78, 5) is 0. The van der Waals surface area contributed by atoms with Crippen LogP contribution in [-0.4, -0.2) is 5.11 Å². The van der Waals surface area contributed by atoms with E-state index in [-0.39, 0.29) is 5.82 Å². The van der Waals surface area contributed by atoms with E-state index in [9.17, 15) is 9.50 Å². The summed E-state index contributed by atoms with van der Waals surface area (Å²) in [5.74, 6) is -0.297. The molecule has 2 heteroatoms. The summed E-state index contributed by atoms with van der Waals surface area (Å²) in [6, 6.07) is 19.7. The standard InChI is InChI=1S/C17H13FO/c18-14-10-8-13(9-11-14)17(19)16-7-3-5-12-4-1-2-6-15(12)16/h1-11,17,19H/t17-/m0/s1. The Bertz CT molecular complexity index is 699. The maximum Gasteiger partial charge on any atom is 0.123 e. The highest BCUT2D eigenvalue weighted by Gasteiger charge is 2.13. The molecule has 0 heterocycles. The van der Waals surface area contributed by atoms with Crippen molar-refractivity contribution in [2.75, 3.05) is 0 Å². The number of halogens is 1. The lowest BCUT2D eigenvalue weighted by molar-refractivity contribution is 0.222. The maximum absolute atomic E-state index is 12.9. The van der Waals surface area contributed by atoms with E-state index in [4.69, 9.17) is 0 Å². The van der Waals surface area contributed by atoms with E-state index < -0.39 is 6.10 Å². The fourth-order valence-corrected chi connectivity index (χ4v) is 2.31. The van der Waals surface area contributed by atoms with Crippen molar-refractivity contribution in [2.45, 2.75) is 6.10 Å². The van der Waals surface area contributed by atoms with E-state index in [1.807, 2.05) is 42.5 Å². The Morgan fingerprint density at radius 2 is 1.47 bits per heavy atom. The van der Waals surface area contributed by atoms with Crippen LogP contribution in [0.5, 0.6) is 0 Å². The van der Waals surface area contributed by atoms with Crippen LogP contribution < -0.4 is 0 Å². The number of aliphatic hydroxyl groups excluding tert-OH is 1. The summed E-state index contributed by atoms with van der Waals surface area (Å²) in [7, 11) is 0. The van der Waals surface area contributed by atoms with E-state index in [0.29, 0.717) is 5.56 Å². The zero-order chi connectivity index (χ0) is 13.2. The molecular formula is C17H13FO. The Hall–Kier alpha value is -2.19. The van der Waals surface area contributed by atoms with Crippen LogP contribution in [0.3, 0.4) is 0 Å². The third kappa shape index (κ3) is 2.23. The molecule has 3 aromatic rings. The van der Waals surface area contributed by atoms with E-state index in [2.05, 4.69) is 0 Å². The zero-order valence-corrected chi connectivity index (χ0v) is 10.3. The number of hydrogen-bond acceptors (Lipinski definition) is 1. The summed E-state index contributed by atoms with van der Waals surface area (Å²) in [5, 5.41) is 12.6. The van der Waals surface area contributed by atoms with Gasteiger partial charge in [-0.25, -0.2) is 4.39 Å². The molecule has 0 unspecified atom stereocenters. The molecule has 1 atom stereocenters. The molecule has 0 radical (unpaired) electrons. The maximum atomic E-state index is 12.9. The van der Waals surface area contributed by atoms with Crippen LogP contribution in [-0.2, 0) is 0 Å². The predicted molar refractivity (Wildman–Crippen MR) is 74.4 cm³/mol. The normalized spacial score (nSPS) is 12.5. The molecule has 0 aliphatic carbocycles. The molecule has 0 saturated heterocycles. The van der Waals surface area contributed by atoms with Crippen LogP contribution in [0.25, 0.3) is 10.8 Å². The molecule has 3 aromatic carbocycles. The molecule has 0 aromatic heterocycles. The quantitative estimate of drug-likeness (QED) is 0.729. The number of hydrogen-bond donors (Lipinski definition) is 1. The second-order valence-corrected chi connectivity index (χ2v) is 4.52. The molecule has 0 aliphatic heterocycles. The molecule has 0 spiro atoms. The third-order valence-corrected chi connectivity index (χ3v) is 3.30. The van der Waals surface area contributed by atoms with Crippen molar-refractivity contribution < 1.29 is 9.50 Å². The van der Waals surface area contributed by atoms with E-state index >= 15 is 0 Å². The second-order valence-electron chi connectivity index (χ2n) is 4.52. The Morgan fingerprint density at radius 1 is 0.789 bits per heavy atom. The van der Waals surface area contributed by atoms with Gasteiger partial charge in [0.15, 0.2) is 0 Å². The van der Waals surface area contributed by atoms with E-state index in [0.717, 1.165) is 16.3 Å². The van der Waals surface area contributed by atoms with E-state index in [1.165, 1.54) is 12.1 Å². The van der Waals surface area contributed by atoms with Crippen molar-refractivity contribution in [3.63, 3.8) is 0 Å². The van der Waals surface area contributed by atoms with Crippen LogP contribution in [0.15, 0.2) is 66.7 Å². The first-order valence-corrected chi connectivity index (χ1v) is 6.17. The topological polar surface area (TPSA) is 20.2 Å². The lowest BCUT2D eigenvalue weighted by Gasteiger charge is -2.14. The van der Waals surface area contributed by atoms with Crippen molar-refractivity contribution in [3.05, 3.63) is 83.7 Å². The summed E-state index contributed by atoms with van der Waals surface area (Å²) in [6.45, 7) is 0. The second kappa shape index (κ2) is 4.82. The summed E-state index contributed by atoms with van der Waals surface area (Å²) in [6.07, 6.45) is -0.744. The highest BCUT2D eigenvalue weighted by atomic mass is 19.1. The van der Waals surface area contributed by atoms with Crippen molar-refractivity contribution in [1.29, 1.82) is 0 Å². The molecule has 3 rings (SSSR count). The number of fused-ring (bicyclic) bond motifs is 1. The zero-order valence-electron chi connectivity index (χ0n) is 10.3. The SMILES string of the molecule is O[C@@H](c1ccc(F)cc1)c1cccc2ccccc12. The van der Waals surface area contributed by atoms with Gasteiger partial charge in [0.25, 0.3) is 0 Å². The third-order valence-electron chi connectivity index (χ3n) is 3.30. The van der Waals surface area contributed by atoms with Gasteiger partial charge in [-0.1, -0.05) is 54.6 Å². The monoisotopic (exact) mass is 252 g/mol. The van der Waals surface area contributed by atoms with Crippen LogP contribution in [0.4, 0.5) is 4.39 Å². The fourth-order valence-electron chi connectivity index (χ4n) is 2.31. The van der Waals surface area contributed by atoms with Crippen LogP contribution in [0, 0.1) is 5.82 Å². The van der Waals surface area contributed by atoms with Gasteiger partial charge in [0.2, 0.25) is 0 Å². The molecule has 0 fully saturated rings. The molecule has 0 aliphatic rings. The van der Waals surface area contributed by atoms with Gasteiger partial charge in [-0.15, -0.1) is 0 Å². The average molecular weight is 252 g/mol. The Morgan fingerprint density at radius 3 is 2.26 bits per heavy atom. The van der Waals surface area contributed by atoms with Gasteiger partial charge < -0.3 is 5.11 Å². The van der Waals surface area contributed by atoms with Gasteiger partial charge in [-0.05, 0) is 34.0 Å². The Kier molecular flexibility index (Phi) is 3.02. The van der Waals surface area contributed by atoms with Crippen LogP contribution in [0.1, 0.15) is 17.2 Å². The Labute approximate surface area is 110 Å². The van der Waals surface area contributed by atoms with Gasteiger partial charge in [0.05, 0.1) is 0 Å². The van der Waals surface area contributed by atoms with Gasteiger partial charge in [-0.3, -0.25) is 0 Å².